The Kier molecular flexibility index (Phi) is 3.19. The standard InChI is InChI=1S/C16H10BrN5O2S/c17-9-1-4-14-18-11(7-21(14)6-9)15-19-20-16(25)22(15)10-2-3-12-13(5-10)24-8-23-12/h1-7H,8H2,(H,20,25). The molecule has 1 aliphatic rings. The third-order valence-electron chi connectivity index (χ3n) is 3.93. The molecule has 0 atom stereocenters. The molecule has 9 heteroatoms. The Hall–Kier alpha value is -2.65. The number of fused-ring (bicyclic) bond motifs is 2. The van der Waals surface area contributed by atoms with Crippen LogP contribution in [0, 0.1) is 4.77 Å². The third kappa shape index (κ3) is 2.35. The van der Waals surface area contributed by atoms with Crippen molar-refractivity contribution in [3.8, 4) is 28.7 Å². The first-order valence-electron chi connectivity index (χ1n) is 7.41. The number of nitrogens with one attached hydrogen (secondary N) is 1. The quantitative estimate of drug-likeness (QED) is 0.505. The van der Waals surface area contributed by atoms with Gasteiger partial charge in [0.2, 0.25) is 6.79 Å². The summed E-state index contributed by atoms with van der Waals surface area (Å²) in [6.07, 6.45) is 3.85. The van der Waals surface area contributed by atoms with Gasteiger partial charge in [0, 0.05) is 22.9 Å². The summed E-state index contributed by atoms with van der Waals surface area (Å²) in [5.74, 6) is 2.03. The number of hydrogen-bond donors (Lipinski definition) is 1. The number of aromatic nitrogens is 5. The highest BCUT2D eigenvalue weighted by molar-refractivity contribution is 9.10. The maximum Gasteiger partial charge on any atom is 0.231 e. The first-order valence-corrected chi connectivity index (χ1v) is 8.61. The molecular weight excluding hydrogens is 406 g/mol. The van der Waals surface area contributed by atoms with Crippen LogP contribution < -0.4 is 9.47 Å². The summed E-state index contributed by atoms with van der Waals surface area (Å²) in [7, 11) is 0. The molecule has 0 radical (unpaired) electrons. The molecule has 0 amide bonds. The van der Waals surface area contributed by atoms with Crippen LogP contribution in [0.15, 0.2) is 47.2 Å². The molecule has 0 unspecified atom stereocenters. The van der Waals surface area contributed by atoms with Gasteiger partial charge in [-0.05, 0) is 52.4 Å². The fraction of sp³-hybridized carbons (Fsp3) is 0.0625. The van der Waals surface area contributed by atoms with E-state index < -0.39 is 0 Å². The molecule has 25 heavy (non-hydrogen) atoms. The lowest BCUT2D eigenvalue weighted by molar-refractivity contribution is 0.174. The van der Waals surface area contributed by atoms with Crippen molar-refractivity contribution < 1.29 is 9.47 Å². The summed E-state index contributed by atoms with van der Waals surface area (Å²) in [5, 5.41) is 7.20. The molecule has 0 spiro atoms. The summed E-state index contributed by atoms with van der Waals surface area (Å²) in [4.78, 5) is 4.63. The fourth-order valence-corrected chi connectivity index (χ4v) is 3.40. The van der Waals surface area contributed by atoms with Crippen molar-refractivity contribution in [2.24, 2.45) is 0 Å². The van der Waals surface area contributed by atoms with Crippen LogP contribution in [0.25, 0.3) is 22.9 Å². The minimum atomic E-state index is 0.226. The summed E-state index contributed by atoms with van der Waals surface area (Å²) >= 11 is 8.88. The minimum absolute atomic E-state index is 0.226. The molecule has 7 nitrogen and oxygen atoms in total. The van der Waals surface area contributed by atoms with Crippen molar-refractivity contribution in [2.45, 2.75) is 0 Å². The average Bonchev–Trinajstić information content (AvgIpc) is 3.30. The molecule has 0 fully saturated rings. The molecule has 1 aliphatic heterocycles. The number of rotatable bonds is 2. The zero-order chi connectivity index (χ0) is 17.0. The Bertz CT molecular complexity index is 1180. The summed E-state index contributed by atoms with van der Waals surface area (Å²) in [6, 6.07) is 9.52. The molecule has 124 valence electrons. The molecule has 4 heterocycles. The van der Waals surface area contributed by atoms with Gasteiger partial charge in [-0.15, -0.1) is 0 Å². The monoisotopic (exact) mass is 415 g/mol. The van der Waals surface area contributed by atoms with Gasteiger partial charge >= 0.3 is 0 Å². The molecule has 1 N–H and O–H groups in total. The van der Waals surface area contributed by atoms with E-state index in [4.69, 9.17) is 21.7 Å². The summed E-state index contributed by atoms with van der Waals surface area (Å²) in [5.41, 5.74) is 2.36. The number of aromatic amines is 1. The third-order valence-corrected chi connectivity index (χ3v) is 4.67. The van der Waals surface area contributed by atoms with E-state index in [2.05, 4.69) is 31.1 Å². The number of benzene rings is 1. The maximum atomic E-state index is 5.46. The topological polar surface area (TPSA) is 69.4 Å². The van der Waals surface area contributed by atoms with Gasteiger partial charge in [-0.25, -0.2) is 4.98 Å². The summed E-state index contributed by atoms with van der Waals surface area (Å²) in [6.45, 7) is 0.226. The van der Waals surface area contributed by atoms with E-state index >= 15 is 0 Å². The number of pyridine rings is 1. The predicted octanol–water partition coefficient (Wildman–Crippen LogP) is 3.74. The molecule has 0 aliphatic carbocycles. The number of nitrogens with zero attached hydrogens (tertiary/aromatic N) is 4. The SMILES string of the molecule is S=c1[nH]nc(-c2cn3cc(Br)ccc3n2)n1-c1ccc2c(c1)OCO2. The van der Waals surface area contributed by atoms with E-state index in [1.807, 2.05) is 51.7 Å². The second-order valence-corrected chi connectivity index (χ2v) is 6.77. The number of imidazole rings is 1. The smallest absolute Gasteiger partial charge is 0.231 e. The van der Waals surface area contributed by atoms with Crippen LogP contribution in [-0.2, 0) is 0 Å². The van der Waals surface area contributed by atoms with E-state index in [1.165, 1.54) is 0 Å². The van der Waals surface area contributed by atoms with Gasteiger partial charge < -0.3 is 13.9 Å². The Balaban J connectivity index is 1.69. The van der Waals surface area contributed by atoms with E-state index in [-0.39, 0.29) is 6.79 Å². The Morgan fingerprint density at radius 3 is 2.92 bits per heavy atom. The molecule has 0 bridgehead atoms. The van der Waals surface area contributed by atoms with Crippen LogP contribution in [0.1, 0.15) is 0 Å². The second kappa shape index (κ2) is 5.43. The average molecular weight is 416 g/mol. The van der Waals surface area contributed by atoms with Crippen LogP contribution in [0.2, 0.25) is 0 Å². The Labute approximate surface area is 155 Å². The van der Waals surface area contributed by atoms with Crippen LogP contribution in [0.3, 0.4) is 0 Å². The Morgan fingerprint density at radius 2 is 2.00 bits per heavy atom. The molecule has 1 aromatic carbocycles. The first kappa shape index (κ1) is 14.7. The largest absolute Gasteiger partial charge is 0.454 e. The van der Waals surface area contributed by atoms with Gasteiger partial charge in [0.15, 0.2) is 22.1 Å². The highest BCUT2D eigenvalue weighted by Crippen LogP contribution is 2.34. The van der Waals surface area contributed by atoms with E-state index in [0.29, 0.717) is 22.0 Å². The molecule has 0 saturated heterocycles. The Morgan fingerprint density at radius 1 is 1.12 bits per heavy atom. The summed E-state index contributed by atoms with van der Waals surface area (Å²) < 4.78 is 16.0. The van der Waals surface area contributed by atoms with Gasteiger partial charge in [-0.2, -0.15) is 5.10 Å². The number of hydrogen-bond acceptors (Lipinski definition) is 5. The number of H-pyrrole nitrogens is 1. The van der Waals surface area contributed by atoms with Crippen LogP contribution in [0.5, 0.6) is 11.5 Å². The van der Waals surface area contributed by atoms with Crippen molar-refractivity contribution in [2.75, 3.05) is 6.79 Å². The highest BCUT2D eigenvalue weighted by atomic mass is 79.9. The molecule has 5 rings (SSSR count). The van der Waals surface area contributed by atoms with Crippen molar-refractivity contribution in [3.63, 3.8) is 0 Å². The van der Waals surface area contributed by atoms with E-state index in [9.17, 15) is 0 Å². The number of halogens is 1. The maximum absolute atomic E-state index is 5.46. The van der Waals surface area contributed by atoms with Gasteiger partial charge in [0.25, 0.3) is 0 Å². The van der Waals surface area contributed by atoms with Gasteiger partial charge in [-0.3, -0.25) is 9.67 Å². The van der Waals surface area contributed by atoms with Gasteiger partial charge in [0.1, 0.15) is 11.3 Å². The van der Waals surface area contributed by atoms with Crippen molar-refractivity contribution >= 4 is 33.8 Å². The normalized spacial score (nSPS) is 12.8. The molecule has 3 aromatic heterocycles. The van der Waals surface area contributed by atoms with Crippen molar-refractivity contribution in [3.05, 3.63) is 52.0 Å². The van der Waals surface area contributed by atoms with Crippen LogP contribution in [-0.4, -0.2) is 30.9 Å². The van der Waals surface area contributed by atoms with Crippen LogP contribution in [0.4, 0.5) is 0 Å². The van der Waals surface area contributed by atoms with E-state index in [0.717, 1.165) is 21.6 Å². The van der Waals surface area contributed by atoms with Crippen LogP contribution >= 0.6 is 28.1 Å². The van der Waals surface area contributed by atoms with Crippen molar-refractivity contribution in [1.82, 2.24) is 24.1 Å². The zero-order valence-electron chi connectivity index (χ0n) is 12.6. The predicted molar refractivity (Wildman–Crippen MR) is 96.8 cm³/mol. The van der Waals surface area contributed by atoms with Crippen molar-refractivity contribution in [1.29, 1.82) is 0 Å². The lowest BCUT2D eigenvalue weighted by Crippen LogP contribution is -1.98. The minimum Gasteiger partial charge on any atom is -0.454 e. The highest BCUT2D eigenvalue weighted by Gasteiger charge is 2.18. The molecule has 4 aromatic rings. The molecular formula is C16H10BrN5O2S. The lowest BCUT2D eigenvalue weighted by atomic mass is 10.2. The lowest BCUT2D eigenvalue weighted by Gasteiger charge is -2.06. The first-order chi connectivity index (χ1) is 12.2. The van der Waals surface area contributed by atoms with E-state index in [1.54, 1.807) is 0 Å². The molecule has 0 saturated carbocycles. The van der Waals surface area contributed by atoms with Gasteiger partial charge in [-0.1, -0.05) is 0 Å². The van der Waals surface area contributed by atoms with Gasteiger partial charge in [0.05, 0.1) is 5.69 Å². The zero-order valence-corrected chi connectivity index (χ0v) is 15.0. The second-order valence-electron chi connectivity index (χ2n) is 5.46. The number of ether oxygens (including phenoxy) is 2. The fourth-order valence-electron chi connectivity index (χ4n) is 2.81.